The zero-order valence-electron chi connectivity index (χ0n) is 9.69. The summed E-state index contributed by atoms with van der Waals surface area (Å²) in [6.45, 7) is 3.99. The summed E-state index contributed by atoms with van der Waals surface area (Å²) in [5, 5.41) is 2.81. The third-order valence-electron chi connectivity index (χ3n) is 2.28. The number of aryl methyl sites for hydroxylation is 1. The average Bonchev–Trinajstić information content (AvgIpc) is 2.68. The Morgan fingerprint density at radius 2 is 2.35 bits per heavy atom. The predicted molar refractivity (Wildman–Crippen MR) is 61.1 cm³/mol. The van der Waals surface area contributed by atoms with Crippen molar-refractivity contribution in [1.29, 1.82) is 0 Å². The van der Waals surface area contributed by atoms with Gasteiger partial charge in [0.1, 0.15) is 5.56 Å². The van der Waals surface area contributed by atoms with E-state index in [0.29, 0.717) is 18.7 Å². The monoisotopic (exact) mass is 235 g/mol. The van der Waals surface area contributed by atoms with Crippen molar-refractivity contribution in [1.82, 2.24) is 14.6 Å². The SMILES string of the molecule is CCCOC(=O)c1cnc2cc(C)[nH]n2c1=O. The van der Waals surface area contributed by atoms with Crippen LogP contribution in [0.3, 0.4) is 0 Å². The van der Waals surface area contributed by atoms with E-state index >= 15 is 0 Å². The first-order valence-electron chi connectivity index (χ1n) is 5.38. The number of carbonyl (C=O) groups is 1. The average molecular weight is 235 g/mol. The van der Waals surface area contributed by atoms with Crippen LogP contribution in [0.2, 0.25) is 0 Å². The topological polar surface area (TPSA) is 76.5 Å². The number of nitrogens with one attached hydrogen (secondary N) is 1. The molecule has 0 spiro atoms. The molecule has 2 aromatic rings. The summed E-state index contributed by atoms with van der Waals surface area (Å²) in [5.41, 5.74) is 0.787. The van der Waals surface area contributed by atoms with Gasteiger partial charge >= 0.3 is 5.97 Å². The van der Waals surface area contributed by atoms with E-state index < -0.39 is 11.5 Å². The number of hydrogen-bond donors (Lipinski definition) is 1. The van der Waals surface area contributed by atoms with Gasteiger partial charge in [-0.1, -0.05) is 6.92 Å². The summed E-state index contributed by atoms with van der Waals surface area (Å²) >= 11 is 0. The van der Waals surface area contributed by atoms with Gasteiger partial charge in [0.15, 0.2) is 5.65 Å². The number of nitrogens with zero attached hydrogens (tertiary/aromatic N) is 2. The van der Waals surface area contributed by atoms with Crippen LogP contribution in [-0.4, -0.2) is 27.2 Å². The molecule has 0 unspecified atom stereocenters. The molecule has 0 aliphatic heterocycles. The van der Waals surface area contributed by atoms with Crippen LogP contribution in [0.5, 0.6) is 0 Å². The highest BCUT2D eigenvalue weighted by atomic mass is 16.5. The van der Waals surface area contributed by atoms with E-state index in [0.717, 1.165) is 5.69 Å². The number of aromatic nitrogens is 3. The van der Waals surface area contributed by atoms with Crippen LogP contribution >= 0.6 is 0 Å². The first-order valence-corrected chi connectivity index (χ1v) is 5.38. The van der Waals surface area contributed by atoms with Crippen molar-refractivity contribution in [3.8, 4) is 0 Å². The fourth-order valence-corrected chi connectivity index (χ4v) is 1.49. The van der Waals surface area contributed by atoms with Gasteiger partial charge in [0, 0.05) is 18.0 Å². The summed E-state index contributed by atoms with van der Waals surface area (Å²) in [7, 11) is 0. The van der Waals surface area contributed by atoms with Gasteiger partial charge in [0.05, 0.1) is 6.61 Å². The van der Waals surface area contributed by atoms with E-state index in [4.69, 9.17) is 4.74 Å². The zero-order chi connectivity index (χ0) is 12.4. The van der Waals surface area contributed by atoms with E-state index in [1.165, 1.54) is 10.7 Å². The van der Waals surface area contributed by atoms with Crippen molar-refractivity contribution >= 4 is 11.6 Å². The third kappa shape index (κ3) is 2.06. The highest BCUT2D eigenvalue weighted by Crippen LogP contribution is 2.01. The number of rotatable bonds is 3. The lowest BCUT2D eigenvalue weighted by molar-refractivity contribution is 0.0502. The Morgan fingerprint density at radius 1 is 1.59 bits per heavy atom. The second-order valence-electron chi connectivity index (χ2n) is 3.75. The summed E-state index contributed by atoms with van der Waals surface area (Å²) in [6.07, 6.45) is 1.97. The Balaban J connectivity index is 2.45. The molecular weight excluding hydrogens is 222 g/mol. The molecule has 6 heteroatoms. The molecule has 0 bridgehead atoms. The van der Waals surface area contributed by atoms with Gasteiger partial charge < -0.3 is 4.74 Å². The molecule has 90 valence electrons. The minimum absolute atomic E-state index is 0.0576. The minimum atomic E-state index is -0.633. The van der Waals surface area contributed by atoms with E-state index in [2.05, 4.69) is 10.1 Å². The van der Waals surface area contributed by atoms with E-state index in [-0.39, 0.29) is 5.56 Å². The molecule has 0 fully saturated rings. The van der Waals surface area contributed by atoms with E-state index in [1.54, 1.807) is 6.07 Å². The summed E-state index contributed by atoms with van der Waals surface area (Å²) in [6, 6.07) is 1.72. The Bertz CT molecular complexity index is 612. The quantitative estimate of drug-likeness (QED) is 0.802. The Labute approximate surface area is 97.2 Å². The normalized spacial score (nSPS) is 10.7. The Hall–Kier alpha value is -2.11. The number of ether oxygens (including phenoxy) is 1. The molecular formula is C11H13N3O3. The van der Waals surface area contributed by atoms with Crippen LogP contribution in [0.25, 0.3) is 5.65 Å². The second kappa shape index (κ2) is 4.40. The van der Waals surface area contributed by atoms with Crippen LogP contribution in [-0.2, 0) is 4.74 Å². The molecule has 17 heavy (non-hydrogen) atoms. The first-order chi connectivity index (χ1) is 8.13. The number of esters is 1. The molecule has 0 saturated heterocycles. The molecule has 2 rings (SSSR count). The lowest BCUT2D eigenvalue weighted by Crippen LogP contribution is -2.24. The molecule has 0 aliphatic carbocycles. The van der Waals surface area contributed by atoms with Gasteiger partial charge in [-0.15, -0.1) is 0 Å². The molecule has 2 heterocycles. The minimum Gasteiger partial charge on any atom is -0.462 e. The van der Waals surface area contributed by atoms with E-state index in [1.807, 2.05) is 13.8 Å². The van der Waals surface area contributed by atoms with Gasteiger partial charge in [-0.3, -0.25) is 9.89 Å². The number of H-pyrrole nitrogens is 1. The smallest absolute Gasteiger partial charge is 0.345 e. The molecule has 0 aliphatic rings. The molecule has 0 aromatic carbocycles. The van der Waals surface area contributed by atoms with Gasteiger partial charge in [0.2, 0.25) is 0 Å². The lowest BCUT2D eigenvalue weighted by Gasteiger charge is -2.02. The Kier molecular flexibility index (Phi) is 2.95. The number of fused-ring (bicyclic) bond motifs is 1. The molecule has 0 saturated carbocycles. The van der Waals surface area contributed by atoms with Crippen molar-refractivity contribution in [2.45, 2.75) is 20.3 Å². The molecule has 2 aromatic heterocycles. The maximum atomic E-state index is 11.9. The van der Waals surface area contributed by atoms with Crippen molar-refractivity contribution in [3.63, 3.8) is 0 Å². The molecule has 0 radical (unpaired) electrons. The molecule has 0 amide bonds. The molecule has 6 nitrogen and oxygen atoms in total. The highest BCUT2D eigenvalue weighted by molar-refractivity contribution is 5.88. The van der Waals surface area contributed by atoms with E-state index in [9.17, 15) is 9.59 Å². The fourth-order valence-electron chi connectivity index (χ4n) is 1.49. The predicted octanol–water partition coefficient (Wildman–Crippen LogP) is 0.898. The lowest BCUT2D eigenvalue weighted by atomic mass is 10.3. The van der Waals surface area contributed by atoms with Crippen molar-refractivity contribution in [2.24, 2.45) is 0 Å². The van der Waals surface area contributed by atoms with Crippen molar-refractivity contribution in [2.75, 3.05) is 6.61 Å². The summed E-state index contributed by atoms with van der Waals surface area (Å²) < 4.78 is 6.14. The Morgan fingerprint density at radius 3 is 3.06 bits per heavy atom. The number of aromatic amines is 1. The largest absolute Gasteiger partial charge is 0.462 e. The zero-order valence-corrected chi connectivity index (χ0v) is 9.69. The second-order valence-corrected chi connectivity index (χ2v) is 3.75. The number of hydrogen-bond acceptors (Lipinski definition) is 4. The van der Waals surface area contributed by atoms with Crippen LogP contribution < -0.4 is 5.56 Å². The summed E-state index contributed by atoms with van der Waals surface area (Å²) in [4.78, 5) is 27.5. The van der Waals surface area contributed by atoms with Gasteiger partial charge in [-0.05, 0) is 13.3 Å². The summed E-state index contributed by atoms with van der Waals surface area (Å²) in [5.74, 6) is -0.633. The van der Waals surface area contributed by atoms with Crippen molar-refractivity contribution < 1.29 is 9.53 Å². The molecule has 1 N–H and O–H groups in total. The number of carbonyl (C=O) groups excluding carboxylic acids is 1. The van der Waals surface area contributed by atoms with Gasteiger partial charge in [0.25, 0.3) is 5.56 Å². The highest BCUT2D eigenvalue weighted by Gasteiger charge is 2.15. The van der Waals surface area contributed by atoms with Crippen LogP contribution in [0.4, 0.5) is 0 Å². The third-order valence-corrected chi connectivity index (χ3v) is 2.28. The van der Waals surface area contributed by atoms with Crippen LogP contribution in [0.15, 0.2) is 17.1 Å². The fraction of sp³-hybridized carbons (Fsp3) is 0.364. The first kappa shape index (κ1) is 11.4. The van der Waals surface area contributed by atoms with Gasteiger partial charge in [-0.2, -0.15) is 0 Å². The van der Waals surface area contributed by atoms with Crippen molar-refractivity contribution in [3.05, 3.63) is 33.9 Å². The standard InChI is InChI=1S/C11H13N3O3/c1-3-4-17-11(16)8-6-12-9-5-7(2)13-14(9)10(8)15/h5-6,13H,3-4H2,1-2H3. The van der Waals surface area contributed by atoms with Crippen LogP contribution in [0.1, 0.15) is 29.4 Å². The molecule has 0 atom stereocenters. The van der Waals surface area contributed by atoms with Gasteiger partial charge in [-0.25, -0.2) is 14.3 Å². The maximum Gasteiger partial charge on any atom is 0.345 e. The van der Waals surface area contributed by atoms with Crippen LogP contribution in [0, 0.1) is 6.92 Å². The maximum absolute atomic E-state index is 11.9.